The quantitative estimate of drug-likeness (QED) is 0.688. The second-order valence-corrected chi connectivity index (χ2v) is 6.84. The van der Waals surface area contributed by atoms with Gasteiger partial charge in [-0.2, -0.15) is 0 Å². The predicted octanol–water partition coefficient (Wildman–Crippen LogP) is 2.09. The lowest BCUT2D eigenvalue weighted by molar-refractivity contribution is 0.347. The van der Waals surface area contributed by atoms with E-state index in [0.717, 1.165) is 5.56 Å². The fourth-order valence-electron chi connectivity index (χ4n) is 1.81. The summed E-state index contributed by atoms with van der Waals surface area (Å²) in [7, 11) is 1.31. The normalized spacial score (nSPS) is 11.7. The van der Waals surface area contributed by atoms with Gasteiger partial charge in [0.05, 0.1) is 20.0 Å². The number of benzene rings is 1. The van der Waals surface area contributed by atoms with E-state index < -0.39 is 10.0 Å². The molecule has 5 nitrogen and oxygen atoms in total. The third-order valence-electron chi connectivity index (χ3n) is 2.89. The van der Waals surface area contributed by atoms with E-state index in [1.54, 1.807) is 26.3 Å². The van der Waals surface area contributed by atoms with E-state index in [4.69, 9.17) is 21.1 Å². The topological polar surface area (TPSA) is 55.8 Å². The van der Waals surface area contributed by atoms with Gasteiger partial charge < -0.3 is 9.47 Å². The molecule has 114 valence electrons. The molecule has 0 saturated carbocycles. The summed E-state index contributed by atoms with van der Waals surface area (Å²) in [4.78, 5) is 0. The highest BCUT2D eigenvalue weighted by Gasteiger charge is 2.20. The van der Waals surface area contributed by atoms with Crippen molar-refractivity contribution < 1.29 is 17.9 Å². The summed E-state index contributed by atoms with van der Waals surface area (Å²) in [5.74, 6) is 1.50. The molecule has 0 amide bonds. The molecule has 0 N–H and O–H groups in total. The number of alkyl halides is 1. The van der Waals surface area contributed by atoms with Crippen molar-refractivity contribution in [2.45, 2.75) is 13.0 Å². The van der Waals surface area contributed by atoms with E-state index in [1.165, 1.54) is 11.4 Å². The summed E-state index contributed by atoms with van der Waals surface area (Å²) < 4.78 is 35.9. The standard InChI is InChI=1S/C13H20ClNO4S/c1-15(20(16,17)9-5-8-14)10-11-6-4-7-12(18-2)13(11)19-3/h4,6-7H,5,8-10H2,1-3H3. The zero-order chi connectivity index (χ0) is 15.2. The Balaban J connectivity index is 2.93. The number of para-hydroxylation sites is 1. The van der Waals surface area contributed by atoms with Gasteiger partial charge in [-0.25, -0.2) is 12.7 Å². The maximum absolute atomic E-state index is 12.0. The zero-order valence-corrected chi connectivity index (χ0v) is 13.5. The molecule has 0 aliphatic rings. The summed E-state index contributed by atoms with van der Waals surface area (Å²) in [6.45, 7) is 0.227. The molecule has 0 aromatic heterocycles. The average Bonchev–Trinajstić information content (AvgIpc) is 2.44. The zero-order valence-electron chi connectivity index (χ0n) is 11.9. The Kier molecular flexibility index (Phi) is 6.58. The van der Waals surface area contributed by atoms with Gasteiger partial charge in [0, 0.05) is 25.0 Å². The van der Waals surface area contributed by atoms with Crippen molar-refractivity contribution >= 4 is 21.6 Å². The van der Waals surface area contributed by atoms with E-state index >= 15 is 0 Å². The minimum atomic E-state index is -3.31. The molecule has 1 rings (SSSR count). The number of sulfonamides is 1. The van der Waals surface area contributed by atoms with Gasteiger partial charge in [0.2, 0.25) is 10.0 Å². The Hall–Kier alpha value is -0.980. The van der Waals surface area contributed by atoms with Gasteiger partial charge in [-0.3, -0.25) is 0 Å². The number of hydrogen-bond donors (Lipinski definition) is 0. The first-order chi connectivity index (χ1) is 9.46. The SMILES string of the molecule is COc1cccc(CN(C)S(=O)(=O)CCCCl)c1OC. The second kappa shape index (κ2) is 7.71. The molecule has 0 saturated heterocycles. The van der Waals surface area contributed by atoms with Crippen molar-refractivity contribution in [1.82, 2.24) is 4.31 Å². The van der Waals surface area contributed by atoms with Gasteiger partial charge in [0.15, 0.2) is 11.5 Å². The minimum absolute atomic E-state index is 0.0410. The Morgan fingerprint density at radius 1 is 1.25 bits per heavy atom. The molecule has 0 radical (unpaired) electrons. The van der Waals surface area contributed by atoms with Crippen LogP contribution >= 0.6 is 11.6 Å². The van der Waals surface area contributed by atoms with Crippen molar-refractivity contribution in [1.29, 1.82) is 0 Å². The summed E-state index contributed by atoms with van der Waals surface area (Å²) in [6.07, 6.45) is 0.434. The van der Waals surface area contributed by atoms with Crippen LogP contribution in [0.25, 0.3) is 0 Å². The number of methoxy groups -OCH3 is 2. The van der Waals surface area contributed by atoms with Crippen LogP contribution in [0, 0.1) is 0 Å². The maximum Gasteiger partial charge on any atom is 0.214 e. The molecule has 0 heterocycles. The van der Waals surface area contributed by atoms with Gasteiger partial charge in [0.1, 0.15) is 0 Å². The highest BCUT2D eigenvalue weighted by molar-refractivity contribution is 7.89. The number of rotatable bonds is 8. The fourth-order valence-corrected chi connectivity index (χ4v) is 3.26. The van der Waals surface area contributed by atoms with Crippen LogP contribution in [0.3, 0.4) is 0 Å². The lowest BCUT2D eigenvalue weighted by Crippen LogP contribution is -2.29. The largest absolute Gasteiger partial charge is 0.493 e. The van der Waals surface area contributed by atoms with Crippen molar-refractivity contribution in [2.75, 3.05) is 32.9 Å². The van der Waals surface area contributed by atoms with Crippen LogP contribution in [0.15, 0.2) is 18.2 Å². The van der Waals surface area contributed by atoms with Crippen molar-refractivity contribution in [3.63, 3.8) is 0 Å². The molecule has 0 spiro atoms. The van der Waals surface area contributed by atoms with Gasteiger partial charge in [0.25, 0.3) is 0 Å². The molecule has 0 atom stereocenters. The first kappa shape index (κ1) is 17.1. The lowest BCUT2D eigenvalue weighted by Gasteiger charge is -2.19. The van der Waals surface area contributed by atoms with Crippen LogP contribution in [0.4, 0.5) is 0 Å². The van der Waals surface area contributed by atoms with E-state index in [2.05, 4.69) is 0 Å². The number of halogens is 1. The van der Waals surface area contributed by atoms with Crippen LogP contribution in [-0.4, -0.2) is 45.6 Å². The number of ether oxygens (including phenoxy) is 2. The Bertz CT molecular complexity index is 533. The molecule has 1 aromatic rings. The van der Waals surface area contributed by atoms with E-state index in [9.17, 15) is 8.42 Å². The van der Waals surface area contributed by atoms with Crippen molar-refractivity contribution in [3.8, 4) is 11.5 Å². The van der Waals surface area contributed by atoms with Crippen molar-refractivity contribution in [2.24, 2.45) is 0 Å². The molecule has 20 heavy (non-hydrogen) atoms. The molecule has 0 bridgehead atoms. The van der Waals surface area contributed by atoms with Crippen LogP contribution < -0.4 is 9.47 Å². The van der Waals surface area contributed by atoms with Gasteiger partial charge >= 0.3 is 0 Å². The third-order valence-corrected chi connectivity index (χ3v) is 5.04. The highest BCUT2D eigenvalue weighted by Crippen LogP contribution is 2.31. The first-order valence-electron chi connectivity index (χ1n) is 6.16. The first-order valence-corrected chi connectivity index (χ1v) is 8.30. The second-order valence-electron chi connectivity index (χ2n) is 4.27. The average molecular weight is 322 g/mol. The van der Waals surface area contributed by atoms with E-state index in [-0.39, 0.29) is 12.3 Å². The number of nitrogens with zero attached hydrogens (tertiary/aromatic N) is 1. The molecule has 0 unspecified atom stereocenters. The Labute approximate surface area is 125 Å². The van der Waals surface area contributed by atoms with E-state index in [1.807, 2.05) is 6.07 Å². The van der Waals surface area contributed by atoms with Crippen LogP contribution in [0.1, 0.15) is 12.0 Å². The van der Waals surface area contributed by atoms with Crippen molar-refractivity contribution in [3.05, 3.63) is 23.8 Å². The third kappa shape index (κ3) is 4.26. The number of hydrogen-bond acceptors (Lipinski definition) is 4. The van der Waals surface area contributed by atoms with E-state index in [0.29, 0.717) is 23.8 Å². The van der Waals surface area contributed by atoms with Crippen LogP contribution in [0.5, 0.6) is 11.5 Å². The summed E-state index contributed by atoms with van der Waals surface area (Å²) >= 11 is 5.54. The molecular formula is C13H20ClNO4S. The summed E-state index contributed by atoms with van der Waals surface area (Å²) in [5, 5.41) is 0. The predicted molar refractivity (Wildman–Crippen MR) is 80.1 cm³/mol. The van der Waals surface area contributed by atoms with Gasteiger partial charge in [-0.15, -0.1) is 11.6 Å². The summed E-state index contributed by atoms with van der Waals surface area (Å²) in [5.41, 5.74) is 0.754. The fraction of sp³-hybridized carbons (Fsp3) is 0.538. The Morgan fingerprint density at radius 2 is 1.95 bits per heavy atom. The minimum Gasteiger partial charge on any atom is -0.493 e. The monoisotopic (exact) mass is 321 g/mol. The summed E-state index contributed by atoms with van der Waals surface area (Å²) in [6, 6.07) is 5.38. The van der Waals surface area contributed by atoms with Crippen LogP contribution in [0.2, 0.25) is 0 Å². The Morgan fingerprint density at radius 3 is 2.50 bits per heavy atom. The molecule has 7 heteroatoms. The van der Waals surface area contributed by atoms with Gasteiger partial charge in [-0.1, -0.05) is 12.1 Å². The van der Waals surface area contributed by atoms with Gasteiger partial charge in [-0.05, 0) is 12.5 Å². The van der Waals surface area contributed by atoms with Crippen LogP contribution in [-0.2, 0) is 16.6 Å². The molecule has 1 aromatic carbocycles. The lowest BCUT2D eigenvalue weighted by atomic mass is 10.2. The molecular weight excluding hydrogens is 302 g/mol. The molecule has 0 fully saturated rings. The maximum atomic E-state index is 12.0. The molecule has 0 aliphatic heterocycles. The smallest absolute Gasteiger partial charge is 0.214 e. The molecule has 0 aliphatic carbocycles. The highest BCUT2D eigenvalue weighted by atomic mass is 35.5.